The quantitative estimate of drug-likeness (QED) is 0.525. The number of halogens is 2. The third-order valence-corrected chi connectivity index (χ3v) is 5.73. The van der Waals surface area contributed by atoms with E-state index in [4.69, 9.17) is 38.5 Å². The number of rotatable bonds is 7. The predicted octanol–water partition coefficient (Wildman–Crippen LogP) is 3.13. The highest BCUT2D eigenvalue weighted by Crippen LogP contribution is 2.35. The third kappa shape index (κ3) is 4.88. The van der Waals surface area contributed by atoms with Gasteiger partial charge < -0.3 is 25.5 Å². The lowest BCUT2D eigenvalue weighted by atomic mass is 9.96. The SMILES string of the molecule is C=C/C=C\c1coc(C(=O)N2CCc3c(cc(Cl)c(C(=O)N[C@@H](CN)C(=O)O)c3Cl)C2)c1. The molecule has 1 aromatic heterocycles. The Balaban J connectivity index is 1.82. The molecule has 1 aliphatic heterocycles. The van der Waals surface area contributed by atoms with Gasteiger partial charge in [0, 0.05) is 25.2 Å². The molecular formula is C22H21Cl2N3O5. The van der Waals surface area contributed by atoms with E-state index in [0.29, 0.717) is 24.1 Å². The van der Waals surface area contributed by atoms with Gasteiger partial charge in [-0.05, 0) is 29.7 Å². The van der Waals surface area contributed by atoms with Gasteiger partial charge in [0.15, 0.2) is 5.76 Å². The number of carboxylic acid groups (broad SMARTS) is 1. The highest BCUT2D eigenvalue weighted by atomic mass is 35.5. The van der Waals surface area contributed by atoms with Gasteiger partial charge in [0.1, 0.15) is 6.04 Å². The molecule has 0 spiro atoms. The second kappa shape index (κ2) is 10.0. The first kappa shape index (κ1) is 23.6. The van der Waals surface area contributed by atoms with Crippen molar-refractivity contribution >= 4 is 47.1 Å². The molecule has 2 amide bonds. The molecule has 1 atom stereocenters. The number of nitrogens with zero attached hydrogens (tertiary/aromatic N) is 1. The number of carbonyl (C=O) groups excluding carboxylic acids is 2. The van der Waals surface area contributed by atoms with Gasteiger partial charge >= 0.3 is 5.97 Å². The number of benzene rings is 1. The van der Waals surface area contributed by atoms with Crippen molar-refractivity contribution in [1.82, 2.24) is 10.2 Å². The molecule has 4 N–H and O–H groups in total. The molecule has 0 radical (unpaired) electrons. The van der Waals surface area contributed by atoms with Crippen molar-refractivity contribution in [3.63, 3.8) is 0 Å². The first-order valence-corrected chi connectivity index (χ1v) is 10.4. The summed E-state index contributed by atoms with van der Waals surface area (Å²) in [5, 5.41) is 11.6. The second-order valence-electron chi connectivity index (χ2n) is 7.10. The number of fused-ring (bicyclic) bond motifs is 1. The van der Waals surface area contributed by atoms with E-state index in [0.717, 1.165) is 5.56 Å². The summed E-state index contributed by atoms with van der Waals surface area (Å²) in [5.74, 6) is -2.07. The molecule has 0 unspecified atom stereocenters. The van der Waals surface area contributed by atoms with Crippen LogP contribution in [0.2, 0.25) is 10.0 Å². The van der Waals surface area contributed by atoms with Crippen molar-refractivity contribution < 1.29 is 23.9 Å². The highest BCUT2D eigenvalue weighted by Gasteiger charge is 2.30. The Bertz CT molecular complexity index is 1110. The fourth-order valence-corrected chi connectivity index (χ4v) is 4.13. The van der Waals surface area contributed by atoms with E-state index in [1.807, 2.05) is 0 Å². The number of furan rings is 1. The van der Waals surface area contributed by atoms with Crippen molar-refractivity contribution in [2.45, 2.75) is 19.0 Å². The average molecular weight is 478 g/mol. The van der Waals surface area contributed by atoms with E-state index < -0.39 is 17.9 Å². The summed E-state index contributed by atoms with van der Waals surface area (Å²) in [6.45, 7) is 3.90. The normalized spacial score (nSPS) is 14.2. The molecule has 1 aromatic carbocycles. The monoisotopic (exact) mass is 477 g/mol. The predicted molar refractivity (Wildman–Crippen MR) is 121 cm³/mol. The maximum absolute atomic E-state index is 12.9. The van der Waals surface area contributed by atoms with Crippen LogP contribution in [-0.4, -0.2) is 46.9 Å². The molecule has 0 saturated carbocycles. The minimum absolute atomic E-state index is 0.0174. The number of carboxylic acids is 1. The van der Waals surface area contributed by atoms with Crippen LogP contribution >= 0.6 is 23.2 Å². The van der Waals surface area contributed by atoms with Gasteiger partial charge in [0.05, 0.1) is 21.9 Å². The number of allylic oxidation sites excluding steroid dienone is 2. The molecule has 0 aliphatic carbocycles. The van der Waals surface area contributed by atoms with E-state index >= 15 is 0 Å². The molecule has 32 heavy (non-hydrogen) atoms. The van der Waals surface area contributed by atoms with Crippen molar-refractivity contribution in [3.05, 3.63) is 75.2 Å². The van der Waals surface area contributed by atoms with Crippen molar-refractivity contribution in [2.24, 2.45) is 5.73 Å². The standard InChI is InChI=1S/C22H21Cl2N3O5/c1-2-3-4-12-7-17(32-11-12)21(29)27-6-5-14-13(10-27)8-15(23)18(19(14)24)20(28)26-16(9-25)22(30)31/h2-4,7-8,11,16H,1,5-6,9-10,25H2,(H,26,28)(H,30,31)/b4-3-/t16-/m0/s1. The Morgan fingerprint density at radius 1 is 1.34 bits per heavy atom. The molecule has 0 saturated heterocycles. The van der Waals surface area contributed by atoms with Gasteiger partial charge in [-0.1, -0.05) is 48.0 Å². The van der Waals surface area contributed by atoms with Crippen molar-refractivity contribution in [1.29, 1.82) is 0 Å². The van der Waals surface area contributed by atoms with Crippen LogP contribution in [0.5, 0.6) is 0 Å². The molecule has 2 aromatic rings. The fourth-order valence-electron chi connectivity index (χ4n) is 3.37. The Labute approximate surface area is 194 Å². The van der Waals surface area contributed by atoms with Crippen molar-refractivity contribution in [3.8, 4) is 0 Å². The number of amides is 2. The number of nitrogens with one attached hydrogen (secondary N) is 1. The summed E-state index contributed by atoms with van der Waals surface area (Å²) in [6, 6.07) is 1.94. The summed E-state index contributed by atoms with van der Waals surface area (Å²) in [4.78, 5) is 38.2. The summed E-state index contributed by atoms with van der Waals surface area (Å²) in [7, 11) is 0. The van der Waals surface area contributed by atoms with E-state index in [2.05, 4.69) is 11.9 Å². The summed E-state index contributed by atoms with van der Waals surface area (Å²) in [5.41, 5.74) is 7.49. The fraction of sp³-hybridized carbons (Fsp3) is 0.227. The van der Waals surface area contributed by atoms with Crippen LogP contribution < -0.4 is 11.1 Å². The first-order chi connectivity index (χ1) is 15.3. The van der Waals surface area contributed by atoms with Crippen LogP contribution in [0.4, 0.5) is 0 Å². The van der Waals surface area contributed by atoms with E-state index in [-0.39, 0.29) is 40.4 Å². The van der Waals surface area contributed by atoms with Gasteiger partial charge in [-0.25, -0.2) is 4.79 Å². The number of aliphatic carboxylic acids is 1. The zero-order valence-electron chi connectivity index (χ0n) is 16.9. The van der Waals surface area contributed by atoms with E-state index in [9.17, 15) is 14.4 Å². The van der Waals surface area contributed by atoms with E-state index in [1.54, 1.807) is 35.3 Å². The molecule has 0 bridgehead atoms. The lowest BCUT2D eigenvalue weighted by Crippen LogP contribution is -2.46. The second-order valence-corrected chi connectivity index (χ2v) is 7.89. The lowest BCUT2D eigenvalue weighted by molar-refractivity contribution is -0.138. The van der Waals surface area contributed by atoms with E-state index in [1.165, 1.54) is 6.26 Å². The highest BCUT2D eigenvalue weighted by molar-refractivity contribution is 6.40. The maximum atomic E-state index is 12.9. The van der Waals surface area contributed by atoms with Crippen LogP contribution in [0.25, 0.3) is 6.08 Å². The molecular weight excluding hydrogens is 457 g/mol. The number of nitrogens with two attached hydrogens (primary N) is 1. The van der Waals surface area contributed by atoms with Gasteiger partial charge in [-0.2, -0.15) is 0 Å². The Kier molecular flexibility index (Phi) is 7.40. The first-order valence-electron chi connectivity index (χ1n) is 9.67. The largest absolute Gasteiger partial charge is 0.480 e. The van der Waals surface area contributed by atoms with Crippen molar-refractivity contribution in [2.75, 3.05) is 13.1 Å². The topological polar surface area (TPSA) is 126 Å². The zero-order valence-corrected chi connectivity index (χ0v) is 18.4. The van der Waals surface area contributed by atoms with Crippen LogP contribution in [0.15, 0.2) is 41.5 Å². The van der Waals surface area contributed by atoms with Crippen LogP contribution in [0.3, 0.4) is 0 Å². The number of carbonyl (C=O) groups is 3. The molecule has 1 aliphatic rings. The number of hydrogen-bond donors (Lipinski definition) is 3. The molecule has 168 valence electrons. The Hall–Kier alpha value is -3.07. The van der Waals surface area contributed by atoms with Gasteiger partial charge in [0.2, 0.25) is 0 Å². The van der Waals surface area contributed by atoms with Crippen LogP contribution in [0.1, 0.15) is 37.6 Å². The third-order valence-electron chi connectivity index (χ3n) is 5.01. The zero-order chi connectivity index (χ0) is 23.4. The molecule has 2 heterocycles. The lowest BCUT2D eigenvalue weighted by Gasteiger charge is -2.30. The minimum atomic E-state index is -1.27. The minimum Gasteiger partial charge on any atom is -0.480 e. The van der Waals surface area contributed by atoms with Crippen LogP contribution in [-0.2, 0) is 17.8 Å². The molecule has 10 heteroatoms. The smallest absolute Gasteiger partial charge is 0.327 e. The summed E-state index contributed by atoms with van der Waals surface area (Å²) in [6.07, 6.45) is 7.00. The van der Waals surface area contributed by atoms with Gasteiger partial charge in [-0.15, -0.1) is 0 Å². The average Bonchev–Trinajstić information content (AvgIpc) is 3.23. The molecule has 3 rings (SSSR count). The molecule has 8 nitrogen and oxygen atoms in total. The Morgan fingerprint density at radius 2 is 2.09 bits per heavy atom. The summed E-state index contributed by atoms with van der Waals surface area (Å²) < 4.78 is 5.39. The van der Waals surface area contributed by atoms with Gasteiger partial charge in [-0.3, -0.25) is 9.59 Å². The number of hydrogen-bond acceptors (Lipinski definition) is 5. The maximum Gasteiger partial charge on any atom is 0.327 e. The summed E-state index contributed by atoms with van der Waals surface area (Å²) >= 11 is 12.8. The van der Waals surface area contributed by atoms with Gasteiger partial charge in [0.25, 0.3) is 11.8 Å². The Morgan fingerprint density at radius 3 is 2.75 bits per heavy atom. The molecule has 0 fully saturated rings. The van der Waals surface area contributed by atoms with Crippen LogP contribution in [0, 0.1) is 0 Å².